The van der Waals surface area contributed by atoms with E-state index < -0.39 is 22.9 Å². The lowest BCUT2D eigenvalue weighted by Gasteiger charge is -2.57. The minimum atomic E-state index is -0.499. The number of methoxy groups -OCH3 is 5. The number of nitrogens with zero attached hydrogens (tertiary/aromatic N) is 1. The van der Waals surface area contributed by atoms with Crippen molar-refractivity contribution in [1.82, 2.24) is 4.90 Å². The Kier molecular flexibility index (Phi) is 7.73. The second kappa shape index (κ2) is 11.4. The van der Waals surface area contributed by atoms with Crippen LogP contribution in [0.25, 0.3) is 6.08 Å². The summed E-state index contributed by atoms with van der Waals surface area (Å²) < 4.78 is 33.4. The molecule has 0 radical (unpaired) electrons. The van der Waals surface area contributed by atoms with Crippen molar-refractivity contribution in [2.75, 3.05) is 54.0 Å². The number of rotatable bonds is 9. The van der Waals surface area contributed by atoms with Gasteiger partial charge in [-0.05, 0) is 81.1 Å². The summed E-state index contributed by atoms with van der Waals surface area (Å²) in [5.74, 6) is 1.39. The van der Waals surface area contributed by atoms with Crippen molar-refractivity contribution >= 4 is 23.7 Å². The molecule has 0 unspecified atom stereocenters. The largest absolute Gasteiger partial charge is 0.497 e. The summed E-state index contributed by atoms with van der Waals surface area (Å²) in [6.07, 6.45) is 5.67. The molecule has 1 N–H and O–H groups in total. The van der Waals surface area contributed by atoms with Gasteiger partial charge in [0.25, 0.3) is 0 Å². The van der Waals surface area contributed by atoms with Gasteiger partial charge in [-0.25, -0.2) is 9.59 Å². The van der Waals surface area contributed by atoms with Gasteiger partial charge in [0, 0.05) is 35.0 Å². The molecule has 6 rings (SSSR count). The Hall–Kier alpha value is -4.18. The Labute approximate surface area is 257 Å². The molecule has 2 saturated heterocycles. The van der Waals surface area contributed by atoms with Crippen molar-refractivity contribution in [2.45, 2.75) is 50.2 Å². The van der Waals surface area contributed by atoms with E-state index in [2.05, 4.69) is 16.3 Å². The molecule has 0 aromatic heterocycles. The van der Waals surface area contributed by atoms with Crippen LogP contribution in [0.1, 0.15) is 43.7 Å². The maximum absolute atomic E-state index is 13.4. The zero-order valence-corrected chi connectivity index (χ0v) is 26.2. The molecule has 1 aliphatic carbocycles. The number of carbonyl (C=O) groups excluding carboxylic acids is 2. The van der Waals surface area contributed by atoms with Crippen LogP contribution in [0.15, 0.2) is 47.7 Å². The van der Waals surface area contributed by atoms with E-state index in [0.717, 1.165) is 55.0 Å². The molecule has 10 heteroatoms. The standard InChI is InChI=1S/C34H40N2O8/c1-20(44-28(37)11-8-21-16-26(40-3)29(42-5)27(17-21)41-4)33-12-7-14-36-15-13-34(32(33)36)24-10-9-22(39-2)18-25(24)35-30(34)23(19-33)31(38)43-6/h8-11,16-18,20,32,35H,7,12-15,19H2,1-6H3/t20-,32-,33-,34-/m0/s1. The molecule has 44 heavy (non-hydrogen) atoms. The Morgan fingerprint density at radius 1 is 0.977 bits per heavy atom. The monoisotopic (exact) mass is 604 g/mol. The minimum absolute atomic E-state index is 0.0381. The van der Waals surface area contributed by atoms with Crippen LogP contribution in [0.5, 0.6) is 23.0 Å². The molecular weight excluding hydrogens is 564 g/mol. The first-order chi connectivity index (χ1) is 21.3. The first-order valence-electron chi connectivity index (χ1n) is 15.0. The maximum atomic E-state index is 13.4. The van der Waals surface area contributed by atoms with Crippen LogP contribution < -0.4 is 24.3 Å². The van der Waals surface area contributed by atoms with E-state index in [0.29, 0.717) is 34.8 Å². The Bertz CT molecular complexity index is 1520. The Balaban J connectivity index is 1.36. The molecule has 0 saturated carbocycles. The van der Waals surface area contributed by atoms with Gasteiger partial charge < -0.3 is 33.7 Å². The Morgan fingerprint density at radius 2 is 1.73 bits per heavy atom. The number of ether oxygens (including phenoxy) is 6. The van der Waals surface area contributed by atoms with E-state index in [1.54, 1.807) is 46.6 Å². The molecule has 3 aliphatic heterocycles. The van der Waals surface area contributed by atoms with E-state index in [1.807, 2.05) is 19.1 Å². The molecule has 10 nitrogen and oxygen atoms in total. The fourth-order valence-electron chi connectivity index (χ4n) is 8.31. The van der Waals surface area contributed by atoms with E-state index in [9.17, 15) is 9.59 Å². The van der Waals surface area contributed by atoms with E-state index in [4.69, 9.17) is 28.4 Å². The molecule has 2 aromatic rings. The summed E-state index contributed by atoms with van der Waals surface area (Å²) in [7, 11) is 7.71. The molecular formula is C34H40N2O8. The third-order valence-corrected chi connectivity index (χ3v) is 10.1. The first-order valence-corrected chi connectivity index (χ1v) is 15.0. The van der Waals surface area contributed by atoms with Crippen molar-refractivity contribution in [3.8, 4) is 23.0 Å². The van der Waals surface area contributed by atoms with Crippen molar-refractivity contribution in [3.05, 3.63) is 58.8 Å². The number of piperidine rings is 1. The van der Waals surface area contributed by atoms with Gasteiger partial charge in [-0.15, -0.1) is 0 Å². The van der Waals surface area contributed by atoms with Crippen LogP contribution in [-0.2, 0) is 24.5 Å². The first kappa shape index (κ1) is 29.9. The lowest BCUT2D eigenvalue weighted by atomic mass is 9.53. The number of carbonyl (C=O) groups is 2. The zero-order chi connectivity index (χ0) is 31.2. The molecule has 0 amide bonds. The molecule has 2 fully saturated rings. The van der Waals surface area contributed by atoms with Gasteiger partial charge in [0.15, 0.2) is 11.5 Å². The number of nitrogens with one attached hydrogen (secondary N) is 1. The quantitative estimate of drug-likeness (QED) is 0.320. The number of hydrogen-bond donors (Lipinski definition) is 1. The fraction of sp³-hybridized carbons (Fsp3) is 0.471. The fourth-order valence-corrected chi connectivity index (χ4v) is 8.31. The predicted octanol–water partition coefficient (Wildman–Crippen LogP) is 4.71. The smallest absolute Gasteiger partial charge is 0.335 e. The molecule has 4 atom stereocenters. The summed E-state index contributed by atoms with van der Waals surface area (Å²) in [4.78, 5) is 29.3. The van der Waals surface area contributed by atoms with Gasteiger partial charge in [0.2, 0.25) is 5.75 Å². The highest BCUT2D eigenvalue weighted by Gasteiger charge is 2.68. The summed E-state index contributed by atoms with van der Waals surface area (Å²) >= 11 is 0. The van der Waals surface area contributed by atoms with E-state index in [1.165, 1.54) is 13.2 Å². The molecule has 0 bridgehead atoms. The second-order valence-corrected chi connectivity index (χ2v) is 11.9. The summed E-state index contributed by atoms with van der Waals surface area (Å²) in [5.41, 5.74) is 3.38. The van der Waals surface area contributed by atoms with Crippen molar-refractivity contribution < 1.29 is 38.0 Å². The third-order valence-electron chi connectivity index (χ3n) is 10.1. The van der Waals surface area contributed by atoms with Gasteiger partial charge >= 0.3 is 11.9 Å². The summed E-state index contributed by atoms with van der Waals surface area (Å²) in [6, 6.07) is 9.67. The lowest BCUT2D eigenvalue weighted by molar-refractivity contribution is -0.158. The average Bonchev–Trinajstić information content (AvgIpc) is 3.61. The number of benzene rings is 2. The van der Waals surface area contributed by atoms with Crippen LogP contribution >= 0.6 is 0 Å². The number of fused-ring (bicyclic) bond motifs is 1. The highest BCUT2D eigenvalue weighted by molar-refractivity contribution is 5.93. The molecule has 234 valence electrons. The molecule has 4 aliphatic rings. The second-order valence-electron chi connectivity index (χ2n) is 11.9. The van der Waals surface area contributed by atoms with Crippen LogP contribution in [-0.4, -0.2) is 77.6 Å². The van der Waals surface area contributed by atoms with Gasteiger partial charge in [0.1, 0.15) is 11.9 Å². The van der Waals surface area contributed by atoms with E-state index in [-0.39, 0.29) is 12.0 Å². The van der Waals surface area contributed by atoms with Crippen LogP contribution in [0, 0.1) is 5.41 Å². The van der Waals surface area contributed by atoms with Gasteiger partial charge in [-0.3, -0.25) is 4.90 Å². The van der Waals surface area contributed by atoms with Gasteiger partial charge in [-0.1, -0.05) is 6.07 Å². The predicted molar refractivity (Wildman–Crippen MR) is 164 cm³/mol. The maximum Gasteiger partial charge on any atom is 0.335 e. The lowest BCUT2D eigenvalue weighted by Crippen LogP contribution is -2.64. The number of hydrogen-bond acceptors (Lipinski definition) is 10. The SMILES string of the molecule is COC(=O)C1=C2Nc3cc(OC)ccc3[C@@]23CCN2CCC[C@@]([C@H](C)OC(=O)C=Cc4cc(OC)c(OC)c(OC)c4)(C1)[C@H]23. The van der Waals surface area contributed by atoms with Crippen LogP contribution in [0.2, 0.25) is 0 Å². The average molecular weight is 605 g/mol. The normalized spacial score (nSPS) is 25.8. The number of esters is 2. The van der Waals surface area contributed by atoms with Gasteiger partial charge in [-0.2, -0.15) is 0 Å². The molecule has 3 heterocycles. The van der Waals surface area contributed by atoms with Gasteiger partial charge in [0.05, 0.1) is 46.5 Å². The van der Waals surface area contributed by atoms with E-state index >= 15 is 0 Å². The van der Waals surface area contributed by atoms with Crippen LogP contribution in [0.4, 0.5) is 5.69 Å². The third kappa shape index (κ3) is 4.41. The minimum Gasteiger partial charge on any atom is -0.497 e. The summed E-state index contributed by atoms with van der Waals surface area (Å²) in [6.45, 7) is 3.82. The van der Waals surface area contributed by atoms with Crippen molar-refractivity contribution in [3.63, 3.8) is 0 Å². The molecule has 1 spiro atoms. The van der Waals surface area contributed by atoms with Crippen molar-refractivity contribution in [2.24, 2.45) is 5.41 Å². The van der Waals surface area contributed by atoms with Crippen LogP contribution in [0.3, 0.4) is 0 Å². The zero-order valence-electron chi connectivity index (χ0n) is 26.2. The number of anilines is 1. The van der Waals surface area contributed by atoms with Crippen molar-refractivity contribution in [1.29, 1.82) is 0 Å². The topological polar surface area (TPSA) is 105 Å². The summed E-state index contributed by atoms with van der Waals surface area (Å²) in [5, 5.41) is 3.61. The Morgan fingerprint density at radius 3 is 2.39 bits per heavy atom. The highest BCUT2D eigenvalue weighted by Crippen LogP contribution is 2.65. The molecule has 2 aromatic carbocycles. The highest BCUT2D eigenvalue weighted by atomic mass is 16.5.